The van der Waals surface area contributed by atoms with Crippen LogP contribution in [0.3, 0.4) is 0 Å². The molecule has 0 fully saturated rings. The van der Waals surface area contributed by atoms with Crippen LogP contribution in [0.5, 0.6) is 0 Å². The van der Waals surface area contributed by atoms with Crippen molar-refractivity contribution in [3.63, 3.8) is 0 Å². The second-order valence-corrected chi connectivity index (χ2v) is 3.41. The number of aromatic amines is 1. The van der Waals surface area contributed by atoms with E-state index in [-0.39, 0.29) is 0 Å². The number of aryl methyl sites for hydroxylation is 1. The quantitative estimate of drug-likeness (QED) is 0.561. The minimum atomic E-state index is 0.695. The van der Waals surface area contributed by atoms with Gasteiger partial charge in [0.25, 0.3) is 0 Å². The zero-order chi connectivity index (χ0) is 7.84. The standard InChI is InChI=1S/C10H13N/c1-7-3-4-9-6-8(2)11-10(9)5-7/h4-7,11H,3H2,1-2H3. The van der Waals surface area contributed by atoms with Crippen LogP contribution in [0.15, 0.2) is 6.07 Å². The summed E-state index contributed by atoms with van der Waals surface area (Å²) in [5.74, 6) is 0.695. The van der Waals surface area contributed by atoms with Gasteiger partial charge in [-0.05, 0) is 30.5 Å². The monoisotopic (exact) mass is 147 g/mol. The fourth-order valence-electron chi connectivity index (χ4n) is 1.60. The van der Waals surface area contributed by atoms with Crippen molar-refractivity contribution in [2.24, 2.45) is 5.92 Å². The normalized spacial score (nSPS) is 21.8. The summed E-state index contributed by atoms with van der Waals surface area (Å²) in [5, 5.41) is 2.68. The summed E-state index contributed by atoms with van der Waals surface area (Å²) in [6, 6.07) is 2.21. The first-order chi connectivity index (χ1) is 5.25. The lowest BCUT2D eigenvalue weighted by Gasteiger charge is -2.03. The van der Waals surface area contributed by atoms with Gasteiger partial charge in [0.1, 0.15) is 0 Å². The molecule has 1 N–H and O–H groups in total. The molecule has 0 aliphatic heterocycles. The molecule has 1 aromatic heterocycles. The van der Waals surface area contributed by atoms with E-state index in [1.54, 1.807) is 0 Å². The number of H-pyrrole nitrogens is 1. The van der Waals surface area contributed by atoms with Crippen LogP contribution in [0.25, 0.3) is 12.2 Å². The van der Waals surface area contributed by atoms with Gasteiger partial charge in [0.05, 0.1) is 0 Å². The van der Waals surface area contributed by atoms with E-state index >= 15 is 0 Å². The Balaban J connectivity index is 2.72. The Bertz CT molecular complexity index is 370. The smallest absolute Gasteiger partial charge is 0.0415 e. The third kappa shape index (κ3) is 1.11. The van der Waals surface area contributed by atoms with Gasteiger partial charge in [-0.3, -0.25) is 0 Å². The number of hydrogen-bond acceptors (Lipinski definition) is 0. The number of fused-ring (bicyclic) bond motifs is 1. The third-order valence-electron chi connectivity index (χ3n) is 2.18. The number of aromatic nitrogens is 1. The summed E-state index contributed by atoms with van der Waals surface area (Å²) in [5.41, 5.74) is 1.26. The van der Waals surface area contributed by atoms with Crippen LogP contribution in [0, 0.1) is 12.8 Å². The van der Waals surface area contributed by atoms with E-state index in [4.69, 9.17) is 0 Å². The lowest BCUT2D eigenvalue weighted by molar-refractivity contribution is 0.797. The van der Waals surface area contributed by atoms with E-state index in [1.807, 2.05) is 0 Å². The molecule has 2 rings (SSSR count). The van der Waals surface area contributed by atoms with Crippen molar-refractivity contribution < 1.29 is 0 Å². The SMILES string of the molecule is Cc1cc2c([nH]1)=CC(C)CC=2. The Morgan fingerprint density at radius 1 is 1.55 bits per heavy atom. The largest absolute Gasteiger partial charge is 0.359 e. The molecule has 11 heavy (non-hydrogen) atoms. The molecule has 1 atom stereocenters. The first-order valence-corrected chi connectivity index (χ1v) is 4.13. The van der Waals surface area contributed by atoms with E-state index in [0.717, 1.165) is 0 Å². The van der Waals surface area contributed by atoms with E-state index in [2.05, 4.69) is 37.0 Å². The zero-order valence-corrected chi connectivity index (χ0v) is 7.02. The van der Waals surface area contributed by atoms with Gasteiger partial charge < -0.3 is 4.98 Å². The summed E-state index contributed by atoms with van der Waals surface area (Å²) in [4.78, 5) is 3.34. The van der Waals surface area contributed by atoms with Gasteiger partial charge >= 0.3 is 0 Å². The first kappa shape index (κ1) is 6.71. The van der Waals surface area contributed by atoms with E-state index < -0.39 is 0 Å². The van der Waals surface area contributed by atoms with Gasteiger partial charge in [0, 0.05) is 11.0 Å². The van der Waals surface area contributed by atoms with Crippen molar-refractivity contribution in [1.29, 1.82) is 0 Å². The molecular weight excluding hydrogens is 134 g/mol. The molecule has 0 bridgehead atoms. The van der Waals surface area contributed by atoms with Crippen molar-refractivity contribution in [3.05, 3.63) is 22.3 Å². The molecular formula is C10H13N. The van der Waals surface area contributed by atoms with E-state index in [0.29, 0.717) is 5.92 Å². The fraction of sp³-hybridized carbons (Fsp3) is 0.400. The molecule has 0 saturated carbocycles. The summed E-state index contributed by atoms with van der Waals surface area (Å²) in [7, 11) is 0. The average Bonchev–Trinajstić information content (AvgIpc) is 2.27. The molecule has 1 nitrogen and oxygen atoms in total. The molecule has 58 valence electrons. The van der Waals surface area contributed by atoms with E-state index in [9.17, 15) is 0 Å². The molecule has 1 heterocycles. The maximum Gasteiger partial charge on any atom is 0.0415 e. The predicted octanol–water partition coefficient (Wildman–Crippen LogP) is 0.924. The molecule has 0 amide bonds. The predicted molar refractivity (Wildman–Crippen MR) is 47.5 cm³/mol. The van der Waals surface area contributed by atoms with Crippen LogP contribution < -0.4 is 10.6 Å². The maximum atomic E-state index is 3.34. The highest BCUT2D eigenvalue weighted by molar-refractivity contribution is 5.38. The van der Waals surface area contributed by atoms with Crippen LogP contribution in [0.4, 0.5) is 0 Å². The molecule has 1 unspecified atom stereocenters. The second kappa shape index (κ2) is 2.26. The van der Waals surface area contributed by atoms with Gasteiger partial charge in [0.2, 0.25) is 0 Å². The molecule has 0 radical (unpaired) electrons. The van der Waals surface area contributed by atoms with Gasteiger partial charge in [0.15, 0.2) is 0 Å². The van der Waals surface area contributed by atoms with Crippen molar-refractivity contribution >= 4 is 12.2 Å². The Labute approximate surface area is 66.4 Å². The molecule has 0 aromatic carbocycles. The summed E-state index contributed by atoms with van der Waals surface area (Å²) >= 11 is 0. The third-order valence-corrected chi connectivity index (χ3v) is 2.18. The van der Waals surface area contributed by atoms with Crippen LogP contribution in [0.1, 0.15) is 19.0 Å². The average molecular weight is 147 g/mol. The van der Waals surface area contributed by atoms with Crippen molar-refractivity contribution in [1.82, 2.24) is 4.98 Å². The topological polar surface area (TPSA) is 15.8 Å². The molecule has 0 saturated heterocycles. The number of nitrogens with one attached hydrogen (secondary N) is 1. The highest BCUT2D eigenvalue weighted by atomic mass is 14.7. The van der Waals surface area contributed by atoms with Gasteiger partial charge in [-0.25, -0.2) is 0 Å². The maximum absolute atomic E-state index is 3.34. The number of hydrogen-bond donors (Lipinski definition) is 1. The lowest BCUT2D eigenvalue weighted by atomic mass is 10.0. The second-order valence-electron chi connectivity index (χ2n) is 3.41. The van der Waals surface area contributed by atoms with Crippen LogP contribution in [0.2, 0.25) is 0 Å². The minimum absolute atomic E-state index is 0.695. The molecule has 1 aliphatic rings. The Morgan fingerprint density at radius 2 is 2.36 bits per heavy atom. The van der Waals surface area contributed by atoms with Crippen LogP contribution >= 0.6 is 0 Å². The van der Waals surface area contributed by atoms with Gasteiger partial charge in [-0.15, -0.1) is 0 Å². The Morgan fingerprint density at radius 3 is 3.18 bits per heavy atom. The Kier molecular flexibility index (Phi) is 1.38. The molecule has 0 spiro atoms. The van der Waals surface area contributed by atoms with Gasteiger partial charge in [-0.2, -0.15) is 0 Å². The van der Waals surface area contributed by atoms with Crippen LogP contribution in [-0.4, -0.2) is 4.98 Å². The summed E-state index contributed by atoms with van der Waals surface area (Å²) in [6.45, 7) is 4.35. The van der Waals surface area contributed by atoms with Crippen molar-refractivity contribution in [3.8, 4) is 0 Å². The fourth-order valence-corrected chi connectivity index (χ4v) is 1.60. The minimum Gasteiger partial charge on any atom is -0.359 e. The lowest BCUT2D eigenvalue weighted by Crippen LogP contribution is -2.26. The molecule has 1 aromatic rings. The summed E-state index contributed by atoms with van der Waals surface area (Å²) < 4.78 is 0. The van der Waals surface area contributed by atoms with Crippen molar-refractivity contribution in [2.75, 3.05) is 0 Å². The summed E-state index contributed by atoms with van der Waals surface area (Å²) in [6.07, 6.45) is 5.80. The zero-order valence-electron chi connectivity index (χ0n) is 7.02. The highest BCUT2D eigenvalue weighted by Crippen LogP contribution is 2.05. The van der Waals surface area contributed by atoms with E-state index in [1.165, 1.54) is 22.7 Å². The van der Waals surface area contributed by atoms with Crippen LogP contribution in [-0.2, 0) is 0 Å². The first-order valence-electron chi connectivity index (χ1n) is 4.13. The molecule has 1 heteroatoms. The van der Waals surface area contributed by atoms with Gasteiger partial charge in [-0.1, -0.05) is 19.1 Å². The highest BCUT2D eigenvalue weighted by Gasteiger charge is 2.01. The number of rotatable bonds is 0. The van der Waals surface area contributed by atoms with Crippen molar-refractivity contribution in [2.45, 2.75) is 20.3 Å². The Hall–Kier alpha value is -0.980. The molecule has 1 aliphatic carbocycles.